The first-order valence-electron chi connectivity index (χ1n) is 8.79. The summed E-state index contributed by atoms with van der Waals surface area (Å²) in [5, 5.41) is 5.33. The van der Waals surface area contributed by atoms with Crippen molar-refractivity contribution in [3.8, 4) is 0 Å². The lowest BCUT2D eigenvalue weighted by Gasteiger charge is -2.32. The van der Waals surface area contributed by atoms with Crippen molar-refractivity contribution in [2.24, 2.45) is 0 Å². The maximum atomic E-state index is 14.3. The van der Waals surface area contributed by atoms with Crippen molar-refractivity contribution in [3.05, 3.63) is 57.8 Å². The number of carbonyl (C=O) groups is 2. The molecule has 0 saturated heterocycles. The monoisotopic (exact) mass is 433 g/mol. The number of halogens is 2. The predicted molar refractivity (Wildman–Crippen MR) is 107 cm³/mol. The molecule has 0 saturated carbocycles. The maximum absolute atomic E-state index is 14.3. The van der Waals surface area contributed by atoms with Gasteiger partial charge in [-0.2, -0.15) is 0 Å². The second-order valence-corrected chi connectivity index (χ2v) is 7.38. The van der Waals surface area contributed by atoms with Crippen LogP contribution in [0, 0.1) is 12.7 Å². The summed E-state index contributed by atoms with van der Waals surface area (Å²) in [6.07, 6.45) is 1.68. The van der Waals surface area contributed by atoms with Gasteiger partial charge in [0.05, 0.1) is 24.5 Å². The zero-order valence-electron chi connectivity index (χ0n) is 15.0. The van der Waals surface area contributed by atoms with E-state index in [9.17, 15) is 14.0 Å². The molecule has 0 fully saturated rings. The van der Waals surface area contributed by atoms with Crippen molar-refractivity contribution in [3.63, 3.8) is 0 Å². The van der Waals surface area contributed by atoms with E-state index in [4.69, 9.17) is 0 Å². The molecule has 2 aromatic rings. The number of carbonyl (C=O) groups excluding carboxylic acids is 2. The molecule has 1 aliphatic heterocycles. The Kier molecular flexibility index (Phi) is 6.11. The molecule has 7 heteroatoms. The summed E-state index contributed by atoms with van der Waals surface area (Å²) in [5.41, 5.74) is 3.14. The summed E-state index contributed by atoms with van der Waals surface area (Å²) >= 11 is 3.35. The molecule has 0 atom stereocenters. The van der Waals surface area contributed by atoms with E-state index in [0.717, 1.165) is 28.4 Å². The van der Waals surface area contributed by atoms with Gasteiger partial charge in [-0.15, -0.1) is 0 Å². The van der Waals surface area contributed by atoms with Crippen LogP contribution in [0.15, 0.2) is 40.9 Å². The van der Waals surface area contributed by atoms with E-state index >= 15 is 0 Å². The van der Waals surface area contributed by atoms with Crippen LogP contribution in [0.25, 0.3) is 0 Å². The summed E-state index contributed by atoms with van der Waals surface area (Å²) in [6, 6.07) is 10.4. The van der Waals surface area contributed by atoms with E-state index < -0.39 is 0 Å². The topological polar surface area (TPSA) is 61.4 Å². The Morgan fingerprint density at radius 1 is 1.19 bits per heavy atom. The van der Waals surface area contributed by atoms with Gasteiger partial charge in [-0.1, -0.05) is 18.2 Å². The number of nitrogens with zero attached hydrogens (tertiary/aromatic N) is 1. The smallest absolute Gasteiger partial charge is 0.243 e. The van der Waals surface area contributed by atoms with Crippen LogP contribution in [0.2, 0.25) is 0 Å². The highest BCUT2D eigenvalue weighted by atomic mass is 79.9. The number of aryl methyl sites for hydroxylation is 1. The minimum absolute atomic E-state index is 0.0235. The molecule has 142 valence electrons. The first kappa shape index (κ1) is 19.4. The normalized spacial score (nSPS) is 13.1. The minimum Gasteiger partial charge on any atom is -0.360 e. The Bertz CT molecular complexity index is 872. The zero-order chi connectivity index (χ0) is 19.4. The van der Waals surface area contributed by atoms with Gasteiger partial charge in [-0.3, -0.25) is 9.59 Å². The van der Waals surface area contributed by atoms with Gasteiger partial charge >= 0.3 is 0 Å². The van der Waals surface area contributed by atoms with Crippen LogP contribution in [0.5, 0.6) is 0 Å². The molecule has 0 radical (unpaired) electrons. The summed E-state index contributed by atoms with van der Waals surface area (Å²) in [7, 11) is 0. The van der Waals surface area contributed by atoms with Crippen molar-refractivity contribution >= 4 is 39.1 Å². The standard InChI is InChI=1S/C20H21BrFN3O2/c1-13-8-9-16(22)20-14(13)5-4-10-25(20)12-19(27)23-11-18(26)24-17-7-3-2-6-15(17)21/h2-3,6-9H,4-5,10-12H2,1H3,(H,23,27)(H,24,26). The Hall–Kier alpha value is -2.41. The highest BCUT2D eigenvalue weighted by Gasteiger charge is 2.24. The van der Waals surface area contributed by atoms with Gasteiger partial charge in [0.1, 0.15) is 5.82 Å². The van der Waals surface area contributed by atoms with Crippen LogP contribution in [0.3, 0.4) is 0 Å². The highest BCUT2D eigenvalue weighted by Crippen LogP contribution is 2.32. The molecule has 0 unspecified atom stereocenters. The average molecular weight is 434 g/mol. The SMILES string of the molecule is Cc1ccc(F)c2c1CCCN2CC(=O)NCC(=O)Nc1ccccc1Br. The number of hydrogen-bond acceptors (Lipinski definition) is 3. The third-order valence-corrected chi connectivity index (χ3v) is 5.26. The molecule has 0 bridgehead atoms. The fraction of sp³-hybridized carbons (Fsp3) is 0.300. The number of hydrogen-bond donors (Lipinski definition) is 2. The third kappa shape index (κ3) is 4.66. The number of nitrogens with one attached hydrogen (secondary N) is 2. The molecule has 0 aromatic heterocycles. The predicted octanol–water partition coefficient (Wildman–Crippen LogP) is 3.40. The van der Waals surface area contributed by atoms with Gasteiger partial charge in [0, 0.05) is 11.0 Å². The van der Waals surface area contributed by atoms with E-state index in [-0.39, 0.29) is 30.7 Å². The maximum Gasteiger partial charge on any atom is 0.243 e. The zero-order valence-corrected chi connectivity index (χ0v) is 16.6. The molecule has 1 aliphatic rings. The van der Waals surface area contributed by atoms with Crippen molar-refractivity contribution in [2.45, 2.75) is 19.8 Å². The van der Waals surface area contributed by atoms with Gasteiger partial charge in [0.15, 0.2) is 0 Å². The van der Waals surface area contributed by atoms with Gasteiger partial charge in [0.2, 0.25) is 11.8 Å². The molecule has 1 heterocycles. The minimum atomic E-state index is -0.323. The van der Waals surface area contributed by atoms with Crippen molar-refractivity contribution in [1.82, 2.24) is 5.32 Å². The number of para-hydroxylation sites is 1. The molecular formula is C20H21BrFN3O2. The molecule has 2 aromatic carbocycles. The number of amides is 2. The number of benzene rings is 2. The Balaban J connectivity index is 1.57. The molecule has 0 spiro atoms. The second kappa shape index (κ2) is 8.52. The second-order valence-electron chi connectivity index (χ2n) is 6.52. The molecule has 2 N–H and O–H groups in total. The molecule has 27 heavy (non-hydrogen) atoms. The van der Waals surface area contributed by atoms with E-state index in [0.29, 0.717) is 17.9 Å². The molecule has 2 amide bonds. The lowest BCUT2D eigenvalue weighted by molar-refractivity contribution is -0.123. The van der Waals surface area contributed by atoms with E-state index in [2.05, 4.69) is 26.6 Å². The summed E-state index contributed by atoms with van der Waals surface area (Å²) in [6.45, 7) is 2.45. The van der Waals surface area contributed by atoms with Gasteiger partial charge in [0.25, 0.3) is 0 Å². The fourth-order valence-corrected chi connectivity index (χ4v) is 3.63. The van der Waals surface area contributed by atoms with E-state index in [1.807, 2.05) is 25.1 Å². The Morgan fingerprint density at radius 2 is 1.96 bits per heavy atom. The third-order valence-electron chi connectivity index (χ3n) is 4.57. The van der Waals surface area contributed by atoms with Crippen LogP contribution >= 0.6 is 15.9 Å². The fourth-order valence-electron chi connectivity index (χ4n) is 3.25. The lowest BCUT2D eigenvalue weighted by Crippen LogP contribution is -2.42. The van der Waals surface area contributed by atoms with Crippen LogP contribution in [0.1, 0.15) is 17.5 Å². The van der Waals surface area contributed by atoms with Crippen molar-refractivity contribution in [2.75, 3.05) is 29.9 Å². The molecule has 5 nitrogen and oxygen atoms in total. The lowest BCUT2D eigenvalue weighted by atomic mass is 9.96. The van der Waals surface area contributed by atoms with Crippen molar-refractivity contribution in [1.29, 1.82) is 0 Å². The first-order valence-corrected chi connectivity index (χ1v) is 9.59. The summed E-state index contributed by atoms with van der Waals surface area (Å²) in [4.78, 5) is 26.1. The summed E-state index contributed by atoms with van der Waals surface area (Å²) < 4.78 is 15.1. The highest BCUT2D eigenvalue weighted by molar-refractivity contribution is 9.10. The van der Waals surface area contributed by atoms with Gasteiger partial charge < -0.3 is 15.5 Å². The Labute approximate surface area is 166 Å². The number of anilines is 2. The molecular weight excluding hydrogens is 413 g/mol. The largest absolute Gasteiger partial charge is 0.360 e. The molecule has 3 rings (SSSR count). The van der Waals surface area contributed by atoms with Crippen LogP contribution < -0.4 is 15.5 Å². The quantitative estimate of drug-likeness (QED) is 0.759. The molecule has 0 aliphatic carbocycles. The van der Waals surface area contributed by atoms with Crippen LogP contribution in [-0.2, 0) is 16.0 Å². The average Bonchev–Trinajstić information content (AvgIpc) is 2.65. The van der Waals surface area contributed by atoms with Gasteiger partial charge in [-0.05, 0) is 65.0 Å². The van der Waals surface area contributed by atoms with Gasteiger partial charge in [-0.25, -0.2) is 4.39 Å². The Morgan fingerprint density at radius 3 is 2.74 bits per heavy atom. The van der Waals surface area contributed by atoms with Crippen LogP contribution in [-0.4, -0.2) is 31.4 Å². The number of fused-ring (bicyclic) bond motifs is 1. The first-order chi connectivity index (χ1) is 13.0. The summed E-state index contributed by atoms with van der Waals surface area (Å²) in [5.74, 6) is -0.947. The van der Waals surface area contributed by atoms with E-state index in [1.54, 1.807) is 17.0 Å². The number of rotatable bonds is 5. The van der Waals surface area contributed by atoms with Crippen molar-refractivity contribution < 1.29 is 14.0 Å². The van der Waals surface area contributed by atoms with E-state index in [1.165, 1.54) is 6.07 Å². The van der Waals surface area contributed by atoms with Crippen LogP contribution in [0.4, 0.5) is 15.8 Å².